The standard InChI is InChI=1S/C16H28N4O5S/c1-9(17)13(21)18-10(2)15(23)20-7-4-5-12(20)14(22)19-11(16(24)25)6-8-26-3/h9-12H,4-8,17H2,1-3H3,(H,18,21)(H,19,22)(H,24,25)/t9-,10-,11-,12-/m0/s1. The Kier molecular flexibility index (Phi) is 8.86. The molecule has 0 aromatic heterocycles. The van der Waals surface area contributed by atoms with Gasteiger partial charge in [0.2, 0.25) is 17.7 Å². The molecule has 0 spiro atoms. The number of carboxylic acids is 1. The second-order valence-electron chi connectivity index (χ2n) is 6.39. The van der Waals surface area contributed by atoms with Gasteiger partial charge >= 0.3 is 5.97 Å². The summed E-state index contributed by atoms with van der Waals surface area (Å²) in [6.07, 6.45) is 3.26. The Balaban J connectivity index is 2.73. The van der Waals surface area contributed by atoms with Gasteiger partial charge in [-0.25, -0.2) is 4.79 Å². The van der Waals surface area contributed by atoms with E-state index >= 15 is 0 Å². The van der Waals surface area contributed by atoms with Gasteiger partial charge in [-0.2, -0.15) is 11.8 Å². The number of nitrogens with zero attached hydrogens (tertiary/aromatic N) is 1. The quantitative estimate of drug-likeness (QED) is 0.403. The third kappa shape index (κ3) is 6.17. The van der Waals surface area contributed by atoms with Crippen molar-refractivity contribution < 1.29 is 24.3 Å². The zero-order chi connectivity index (χ0) is 19.9. The molecule has 148 valence electrons. The zero-order valence-corrected chi connectivity index (χ0v) is 16.2. The van der Waals surface area contributed by atoms with Crippen LogP contribution in [0.1, 0.15) is 33.1 Å². The minimum Gasteiger partial charge on any atom is -0.480 e. The first-order valence-electron chi connectivity index (χ1n) is 8.57. The Morgan fingerprint density at radius 2 is 1.92 bits per heavy atom. The summed E-state index contributed by atoms with van der Waals surface area (Å²) in [5.41, 5.74) is 5.48. The van der Waals surface area contributed by atoms with E-state index in [0.717, 1.165) is 0 Å². The predicted octanol–water partition coefficient (Wildman–Crippen LogP) is -0.848. The molecule has 3 amide bonds. The number of hydrogen-bond acceptors (Lipinski definition) is 6. The van der Waals surface area contributed by atoms with Crippen molar-refractivity contribution in [3.63, 3.8) is 0 Å². The van der Waals surface area contributed by atoms with Crippen molar-refractivity contribution in [3.8, 4) is 0 Å². The number of carbonyl (C=O) groups excluding carboxylic acids is 3. The number of carboxylic acid groups (broad SMARTS) is 1. The number of rotatable bonds is 9. The van der Waals surface area contributed by atoms with Crippen LogP contribution in [0.2, 0.25) is 0 Å². The molecule has 0 aliphatic carbocycles. The summed E-state index contributed by atoms with van der Waals surface area (Å²) in [6, 6.07) is -3.26. The van der Waals surface area contributed by atoms with E-state index < -0.39 is 42.0 Å². The normalized spacial score (nSPS) is 20.2. The molecule has 9 nitrogen and oxygen atoms in total. The Morgan fingerprint density at radius 3 is 2.46 bits per heavy atom. The van der Waals surface area contributed by atoms with Crippen LogP contribution in [0.25, 0.3) is 0 Å². The fourth-order valence-corrected chi connectivity index (χ4v) is 3.19. The van der Waals surface area contributed by atoms with Crippen LogP contribution in [0.5, 0.6) is 0 Å². The monoisotopic (exact) mass is 388 g/mol. The van der Waals surface area contributed by atoms with Gasteiger partial charge in [-0.15, -0.1) is 0 Å². The first kappa shape index (κ1) is 22.2. The lowest BCUT2D eigenvalue weighted by atomic mass is 10.1. The minimum absolute atomic E-state index is 0.309. The van der Waals surface area contributed by atoms with Gasteiger partial charge in [-0.1, -0.05) is 0 Å². The molecule has 0 unspecified atom stereocenters. The van der Waals surface area contributed by atoms with E-state index in [9.17, 15) is 24.3 Å². The van der Waals surface area contributed by atoms with Crippen molar-refractivity contribution in [1.82, 2.24) is 15.5 Å². The number of hydrogen-bond donors (Lipinski definition) is 4. The van der Waals surface area contributed by atoms with Crippen LogP contribution in [-0.4, -0.2) is 76.4 Å². The highest BCUT2D eigenvalue weighted by Crippen LogP contribution is 2.19. The van der Waals surface area contributed by atoms with Crippen molar-refractivity contribution in [1.29, 1.82) is 0 Å². The van der Waals surface area contributed by atoms with E-state index in [0.29, 0.717) is 31.6 Å². The largest absolute Gasteiger partial charge is 0.480 e. The molecule has 1 aliphatic heterocycles. The number of likely N-dealkylation sites (tertiary alicyclic amines) is 1. The number of carbonyl (C=O) groups is 4. The van der Waals surface area contributed by atoms with Gasteiger partial charge in [-0.05, 0) is 45.1 Å². The maximum absolute atomic E-state index is 12.6. The average Bonchev–Trinajstić information content (AvgIpc) is 3.06. The molecule has 4 atom stereocenters. The van der Waals surface area contributed by atoms with Crippen molar-refractivity contribution in [2.24, 2.45) is 5.73 Å². The molecule has 0 aromatic rings. The van der Waals surface area contributed by atoms with E-state index in [2.05, 4.69) is 10.6 Å². The summed E-state index contributed by atoms with van der Waals surface area (Å²) in [5.74, 6) is -1.80. The van der Waals surface area contributed by atoms with Gasteiger partial charge in [0.1, 0.15) is 18.1 Å². The molecule has 0 saturated carbocycles. The number of thioether (sulfide) groups is 1. The minimum atomic E-state index is -1.10. The molecule has 1 saturated heterocycles. The van der Waals surface area contributed by atoms with E-state index in [1.807, 2.05) is 6.26 Å². The molecule has 0 bridgehead atoms. The maximum Gasteiger partial charge on any atom is 0.326 e. The molecule has 0 radical (unpaired) electrons. The molecule has 5 N–H and O–H groups in total. The van der Waals surface area contributed by atoms with Crippen LogP contribution >= 0.6 is 11.8 Å². The molecule has 1 heterocycles. The van der Waals surface area contributed by atoms with Gasteiger partial charge in [-0.3, -0.25) is 14.4 Å². The fourth-order valence-electron chi connectivity index (χ4n) is 2.72. The Morgan fingerprint density at radius 1 is 1.27 bits per heavy atom. The zero-order valence-electron chi connectivity index (χ0n) is 15.4. The Labute approximate surface area is 157 Å². The van der Waals surface area contributed by atoms with Crippen LogP contribution in [0.3, 0.4) is 0 Å². The highest BCUT2D eigenvalue weighted by molar-refractivity contribution is 7.98. The summed E-state index contributed by atoms with van der Waals surface area (Å²) in [5, 5.41) is 14.3. The molecule has 0 aromatic carbocycles. The first-order valence-corrected chi connectivity index (χ1v) is 9.97. The third-order valence-corrected chi connectivity index (χ3v) is 4.85. The number of aliphatic carboxylic acids is 1. The molecular formula is C16H28N4O5S. The first-order chi connectivity index (χ1) is 12.2. The lowest BCUT2D eigenvalue weighted by molar-refractivity contribution is -0.144. The molecule has 1 rings (SSSR count). The topological polar surface area (TPSA) is 142 Å². The number of amides is 3. The van der Waals surface area contributed by atoms with Crippen LogP contribution in [0.15, 0.2) is 0 Å². The van der Waals surface area contributed by atoms with Gasteiger partial charge in [0.25, 0.3) is 0 Å². The molecular weight excluding hydrogens is 360 g/mol. The van der Waals surface area contributed by atoms with Gasteiger partial charge in [0, 0.05) is 6.54 Å². The van der Waals surface area contributed by atoms with Crippen LogP contribution < -0.4 is 16.4 Å². The van der Waals surface area contributed by atoms with E-state index in [4.69, 9.17) is 5.73 Å². The average molecular weight is 388 g/mol. The fraction of sp³-hybridized carbons (Fsp3) is 0.750. The number of nitrogens with two attached hydrogens (primary N) is 1. The van der Waals surface area contributed by atoms with Crippen molar-refractivity contribution in [3.05, 3.63) is 0 Å². The summed E-state index contributed by atoms with van der Waals surface area (Å²) >= 11 is 1.49. The van der Waals surface area contributed by atoms with Crippen molar-refractivity contribution in [2.75, 3.05) is 18.6 Å². The van der Waals surface area contributed by atoms with Crippen LogP contribution in [-0.2, 0) is 19.2 Å². The van der Waals surface area contributed by atoms with Gasteiger partial charge in [0.15, 0.2) is 0 Å². The highest BCUT2D eigenvalue weighted by atomic mass is 32.2. The van der Waals surface area contributed by atoms with E-state index in [1.165, 1.54) is 30.5 Å². The van der Waals surface area contributed by atoms with E-state index in [-0.39, 0.29) is 5.91 Å². The predicted molar refractivity (Wildman–Crippen MR) is 98.6 cm³/mol. The number of nitrogens with one attached hydrogen (secondary N) is 2. The molecule has 26 heavy (non-hydrogen) atoms. The van der Waals surface area contributed by atoms with Crippen molar-refractivity contribution >= 4 is 35.5 Å². The van der Waals surface area contributed by atoms with Gasteiger partial charge in [0.05, 0.1) is 6.04 Å². The second kappa shape index (κ2) is 10.4. The smallest absolute Gasteiger partial charge is 0.326 e. The van der Waals surface area contributed by atoms with Gasteiger partial charge < -0.3 is 26.4 Å². The highest BCUT2D eigenvalue weighted by Gasteiger charge is 2.37. The lowest BCUT2D eigenvalue weighted by Crippen LogP contribution is -2.55. The molecule has 1 aliphatic rings. The lowest BCUT2D eigenvalue weighted by Gasteiger charge is -2.28. The maximum atomic E-state index is 12.6. The van der Waals surface area contributed by atoms with Crippen molar-refractivity contribution in [2.45, 2.75) is 57.3 Å². The second-order valence-corrected chi connectivity index (χ2v) is 7.38. The van der Waals surface area contributed by atoms with Crippen LogP contribution in [0.4, 0.5) is 0 Å². The summed E-state index contributed by atoms with van der Waals surface area (Å²) in [7, 11) is 0. The molecule has 1 fully saturated rings. The SMILES string of the molecule is CSCC[C@H](NC(=O)[C@@H]1CCCN1C(=O)[C@H](C)NC(=O)[C@H](C)N)C(=O)O. The van der Waals surface area contributed by atoms with E-state index in [1.54, 1.807) is 0 Å². The Hall–Kier alpha value is -1.81. The molecule has 10 heteroatoms. The Bertz CT molecular complexity index is 543. The van der Waals surface area contributed by atoms with Crippen LogP contribution in [0, 0.1) is 0 Å². The summed E-state index contributed by atoms with van der Waals surface area (Å²) in [6.45, 7) is 3.44. The summed E-state index contributed by atoms with van der Waals surface area (Å²) in [4.78, 5) is 49.4. The summed E-state index contributed by atoms with van der Waals surface area (Å²) < 4.78 is 0. The third-order valence-electron chi connectivity index (χ3n) is 4.21.